The molecule has 1 aromatic heterocycles. The molecule has 1 aliphatic rings. The fourth-order valence-corrected chi connectivity index (χ4v) is 3.02. The van der Waals surface area contributed by atoms with Gasteiger partial charge >= 0.3 is 5.97 Å². The summed E-state index contributed by atoms with van der Waals surface area (Å²) in [6.07, 6.45) is 3.23. The second-order valence-electron chi connectivity index (χ2n) is 6.09. The van der Waals surface area contributed by atoms with Crippen LogP contribution in [0, 0.1) is 18.8 Å². The number of amides is 1. The molecule has 6 nitrogen and oxygen atoms in total. The van der Waals surface area contributed by atoms with E-state index in [9.17, 15) is 14.7 Å². The van der Waals surface area contributed by atoms with Crippen molar-refractivity contribution in [2.24, 2.45) is 11.8 Å². The van der Waals surface area contributed by atoms with Gasteiger partial charge in [0.05, 0.1) is 23.4 Å². The first-order valence-electron chi connectivity index (χ1n) is 7.60. The van der Waals surface area contributed by atoms with Crippen LogP contribution in [0.15, 0.2) is 36.7 Å². The molecule has 1 aromatic carbocycles. The molecular formula is C17H19N3O3. The average Bonchev–Trinajstić information content (AvgIpc) is 3.14. The Labute approximate surface area is 134 Å². The van der Waals surface area contributed by atoms with Crippen LogP contribution in [0.5, 0.6) is 0 Å². The molecule has 0 spiro atoms. The van der Waals surface area contributed by atoms with Crippen molar-refractivity contribution >= 4 is 11.9 Å². The van der Waals surface area contributed by atoms with Gasteiger partial charge in [-0.15, -0.1) is 0 Å². The minimum atomic E-state index is -0.844. The minimum Gasteiger partial charge on any atom is -0.481 e. The summed E-state index contributed by atoms with van der Waals surface area (Å²) >= 11 is 0. The van der Waals surface area contributed by atoms with Crippen molar-refractivity contribution in [3.05, 3.63) is 47.8 Å². The van der Waals surface area contributed by atoms with Gasteiger partial charge in [0.15, 0.2) is 0 Å². The zero-order chi connectivity index (χ0) is 16.6. The van der Waals surface area contributed by atoms with Crippen LogP contribution < -0.4 is 0 Å². The van der Waals surface area contributed by atoms with Crippen LogP contribution in [0.3, 0.4) is 0 Å². The lowest BCUT2D eigenvalue weighted by atomic mass is 9.99. The van der Waals surface area contributed by atoms with E-state index in [1.54, 1.807) is 15.8 Å². The lowest BCUT2D eigenvalue weighted by Gasteiger charge is -2.14. The van der Waals surface area contributed by atoms with Gasteiger partial charge in [-0.1, -0.05) is 25.1 Å². The Kier molecular flexibility index (Phi) is 3.90. The monoisotopic (exact) mass is 313 g/mol. The van der Waals surface area contributed by atoms with E-state index in [0.717, 1.165) is 11.3 Å². The zero-order valence-corrected chi connectivity index (χ0v) is 13.1. The summed E-state index contributed by atoms with van der Waals surface area (Å²) in [5.41, 5.74) is 2.46. The maximum Gasteiger partial charge on any atom is 0.308 e. The fraction of sp³-hybridized carbons (Fsp3) is 0.353. The molecule has 0 bridgehead atoms. The van der Waals surface area contributed by atoms with Gasteiger partial charge in [0.2, 0.25) is 0 Å². The highest BCUT2D eigenvalue weighted by Gasteiger charge is 2.37. The molecule has 0 radical (unpaired) electrons. The molecular weight excluding hydrogens is 294 g/mol. The molecule has 120 valence electrons. The first-order valence-corrected chi connectivity index (χ1v) is 7.60. The van der Waals surface area contributed by atoms with Crippen molar-refractivity contribution in [1.29, 1.82) is 0 Å². The predicted octanol–water partition coefficient (Wildman–Crippen LogP) is 1.97. The lowest BCUT2D eigenvalue weighted by molar-refractivity contribution is -0.142. The van der Waals surface area contributed by atoms with E-state index < -0.39 is 11.9 Å². The second kappa shape index (κ2) is 5.87. The molecule has 2 heterocycles. The summed E-state index contributed by atoms with van der Waals surface area (Å²) in [4.78, 5) is 25.4. The number of carboxylic acids is 1. The van der Waals surface area contributed by atoms with Gasteiger partial charge in [0, 0.05) is 19.3 Å². The van der Waals surface area contributed by atoms with Crippen LogP contribution in [-0.4, -0.2) is 44.8 Å². The first-order chi connectivity index (χ1) is 11.0. The van der Waals surface area contributed by atoms with Crippen LogP contribution >= 0.6 is 0 Å². The summed E-state index contributed by atoms with van der Waals surface area (Å²) in [6.45, 7) is 4.57. The number of rotatable bonds is 3. The van der Waals surface area contributed by atoms with E-state index in [0.29, 0.717) is 12.1 Å². The van der Waals surface area contributed by atoms with Crippen molar-refractivity contribution in [2.75, 3.05) is 13.1 Å². The van der Waals surface area contributed by atoms with E-state index >= 15 is 0 Å². The summed E-state index contributed by atoms with van der Waals surface area (Å²) in [6, 6.07) is 7.80. The highest BCUT2D eigenvalue weighted by molar-refractivity contribution is 5.94. The van der Waals surface area contributed by atoms with Gasteiger partial charge in [-0.3, -0.25) is 9.59 Å². The van der Waals surface area contributed by atoms with Gasteiger partial charge < -0.3 is 10.0 Å². The Balaban J connectivity index is 1.80. The van der Waals surface area contributed by atoms with Crippen LogP contribution in [0.2, 0.25) is 0 Å². The summed E-state index contributed by atoms with van der Waals surface area (Å²) in [5, 5.41) is 13.4. The number of aromatic nitrogens is 2. The maximum atomic E-state index is 12.6. The molecule has 0 unspecified atom stereocenters. The number of likely N-dealkylation sites (tertiary alicyclic amines) is 1. The number of nitrogens with zero attached hydrogens (tertiary/aromatic N) is 3. The highest BCUT2D eigenvalue weighted by atomic mass is 16.4. The molecule has 1 saturated heterocycles. The predicted molar refractivity (Wildman–Crippen MR) is 84.5 cm³/mol. The third-order valence-corrected chi connectivity index (χ3v) is 4.41. The first kappa shape index (κ1) is 15.3. The summed E-state index contributed by atoms with van der Waals surface area (Å²) in [5.74, 6) is -1.54. The normalized spacial score (nSPS) is 20.7. The number of aliphatic carboxylic acids is 1. The maximum absolute atomic E-state index is 12.6. The zero-order valence-electron chi connectivity index (χ0n) is 13.1. The van der Waals surface area contributed by atoms with Gasteiger partial charge in [-0.2, -0.15) is 5.10 Å². The fourth-order valence-electron chi connectivity index (χ4n) is 3.02. The number of para-hydroxylation sites is 1. The molecule has 6 heteroatoms. The molecule has 1 aliphatic heterocycles. The molecule has 1 fully saturated rings. The minimum absolute atomic E-state index is 0.0390. The molecule has 1 N–H and O–H groups in total. The van der Waals surface area contributed by atoms with E-state index in [-0.39, 0.29) is 18.4 Å². The lowest BCUT2D eigenvalue weighted by Crippen LogP contribution is -2.29. The van der Waals surface area contributed by atoms with Crippen molar-refractivity contribution < 1.29 is 14.7 Å². The van der Waals surface area contributed by atoms with Crippen molar-refractivity contribution in [3.8, 4) is 5.69 Å². The van der Waals surface area contributed by atoms with Gasteiger partial charge in [0.25, 0.3) is 5.91 Å². The molecule has 2 aromatic rings. The topological polar surface area (TPSA) is 75.4 Å². The molecule has 0 saturated carbocycles. The van der Waals surface area contributed by atoms with E-state index in [4.69, 9.17) is 0 Å². The average molecular weight is 313 g/mol. The van der Waals surface area contributed by atoms with Gasteiger partial charge in [0.1, 0.15) is 0 Å². The third-order valence-electron chi connectivity index (χ3n) is 4.41. The number of carbonyl (C=O) groups is 2. The second-order valence-corrected chi connectivity index (χ2v) is 6.09. The third kappa shape index (κ3) is 2.84. The molecule has 3 rings (SSSR count). The number of aryl methyl sites for hydroxylation is 1. The Bertz CT molecular complexity index is 753. The SMILES string of the molecule is Cc1ccccc1-n1cc(C(=O)N2C[C@@H](C)[C@H](C(=O)O)C2)cn1. The standard InChI is InChI=1S/C17H19N3O3/c1-11-5-3-4-6-15(11)20-9-13(7-18-20)16(21)19-8-12(2)14(10-19)17(22)23/h3-7,9,12,14H,8,10H2,1-2H3,(H,22,23)/t12-,14-/m1/s1. The number of carboxylic acid groups (broad SMARTS) is 1. The number of hydrogen-bond donors (Lipinski definition) is 1. The van der Waals surface area contributed by atoms with E-state index in [2.05, 4.69) is 5.10 Å². The number of benzene rings is 1. The molecule has 23 heavy (non-hydrogen) atoms. The Hall–Kier alpha value is -2.63. The molecule has 2 atom stereocenters. The van der Waals surface area contributed by atoms with Crippen LogP contribution in [0.1, 0.15) is 22.8 Å². The van der Waals surface area contributed by atoms with Crippen LogP contribution in [-0.2, 0) is 4.79 Å². The van der Waals surface area contributed by atoms with E-state index in [1.165, 1.54) is 6.20 Å². The summed E-state index contributed by atoms with van der Waals surface area (Å²) < 4.78 is 1.68. The number of hydrogen-bond acceptors (Lipinski definition) is 3. The van der Waals surface area contributed by atoms with Crippen LogP contribution in [0.4, 0.5) is 0 Å². The summed E-state index contributed by atoms with van der Waals surface area (Å²) in [7, 11) is 0. The highest BCUT2D eigenvalue weighted by Crippen LogP contribution is 2.25. The van der Waals surface area contributed by atoms with Crippen molar-refractivity contribution in [2.45, 2.75) is 13.8 Å². The quantitative estimate of drug-likeness (QED) is 0.940. The Morgan fingerprint density at radius 3 is 2.65 bits per heavy atom. The Morgan fingerprint density at radius 1 is 1.26 bits per heavy atom. The van der Waals surface area contributed by atoms with Crippen molar-refractivity contribution in [3.63, 3.8) is 0 Å². The molecule has 0 aliphatic carbocycles. The number of carbonyl (C=O) groups excluding carboxylic acids is 1. The van der Waals surface area contributed by atoms with Gasteiger partial charge in [-0.25, -0.2) is 4.68 Å². The van der Waals surface area contributed by atoms with Crippen LogP contribution in [0.25, 0.3) is 5.69 Å². The van der Waals surface area contributed by atoms with Gasteiger partial charge in [-0.05, 0) is 24.5 Å². The van der Waals surface area contributed by atoms with E-state index in [1.807, 2.05) is 38.1 Å². The largest absolute Gasteiger partial charge is 0.481 e. The smallest absolute Gasteiger partial charge is 0.308 e. The molecule has 1 amide bonds. The van der Waals surface area contributed by atoms with Crippen molar-refractivity contribution in [1.82, 2.24) is 14.7 Å². The Morgan fingerprint density at radius 2 is 2.00 bits per heavy atom.